The van der Waals surface area contributed by atoms with Crippen LogP contribution in [0.15, 0.2) is 48.5 Å². The van der Waals surface area contributed by atoms with Gasteiger partial charge in [0.05, 0.1) is 21.2 Å². The number of ketones is 1. The molecule has 2 aromatic carbocycles. The van der Waals surface area contributed by atoms with Crippen LogP contribution in [0.2, 0.25) is 10.0 Å². The van der Waals surface area contributed by atoms with Crippen LogP contribution in [0.4, 0.5) is 5.13 Å². The summed E-state index contributed by atoms with van der Waals surface area (Å²) in [5.41, 5.74) is 1.60. The van der Waals surface area contributed by atoms with Gasteiger partial charge in [-0.15, -0.1) is 0 Å². The van der Waals surface area contributed by atoms with Crippen molar-refractivity contribution in [1.29, 1.82) is 0 Å². The molecular weight excluding hydrogens is 379 g/mol. The van der Waals surface area contributed by atoms with Gasteiger partial charge in [0.15, 0.2) is 10.9 Å². The average Bonchev–Trinajstić information content (AvgIpc) is 3.02. The van der Waals surface area contributed by atoms with Crippen molar-refractivity contribution in [2.24, 2.45) is 0 Å². The molecule has 4 nitrogen and oxygen atoms in total. The third-order valence-electron chi connectivity index (χ3n) is 3.39. The third kappa shape index (κ3) is 3.90. The molecule has 0 radical (unpaired) electrons. The first-order valence-electron chi connectivity index (χ1n) is 7.29. The second-order valence-electron chi connectivity index (χ2n) is 5.20. The maximum absolute atomic E-state index is 12.4. The Morgan fingerprint density at radius 2 is 1.80 bits per heavy atom. The summed E-state index contributed by atoms with van der Waals surface area (Å²) in [6.07, 6.45) is 0. The van der Waals surface area contributed by atoms with Crippen LogP contribution >= 0.6 is 34.5 Å². The first-order valence-corrected chi connectivity index (χ1v) is 8.86. The lowest BCUT2D eigenvalue weighted by atomic mass is 10.1. The second-order valence-corrected chi connectivity index (χ2v) is 7.04. The van der Waals surface area contributed by atoms with Crippen molar-refractivity contribution in [2.45, 2.75) is 6.92 Å². The molecule has 1 aromatic heterocycles. The van der Waals surface area contributed by atoms with E-state index in [-0.39, 0.29) is 16.4 Å². The minimum absolute atomic E-state index is 0.113. The number of rotatable bonds is 4. The number of anilines is 1. The molecule has 3 aromatic rings. The molecule has 0 fully saturated rings. The van der Waals surface area contributed by atoms with Gasteiger partial charge in [-0.2, -0.15) is 0 Å². The molecule has 1 heterocycles. The van der Waals surface area contributed by atoms with E-state index in [1.54, 1.807) is 12.1 Å². The summed E-state index contributed by atoms with van der Waals surface area (Å²) in [5, 5.41) is 3.70. The zero-order valence-corrected chi connectivity index (χ0v) is 15.4. The number of halogens is 2. The highest BCUT2D eigenvalue weighted by Crippen LogP contribution is 2.32. The number of hydrogen-bond donors (Lipinski definition) is 1. The van der Waals surface area contributed by atoms with Crippen molar-refractivity contribution in [2.75, 3.05) is 5.32 Å². The molecule has 25 heavy (non-hydrogen) atoms. The lowest BCUT2D eigenvalue weighted by Gasteiger charge is -2.04. The highest BCUT2D eigenvalue weighted by molar-refractivity contribution is 7.18. The summed E-state index contributed by atoms with van der Waals surface area (Å²) >= 11 is 13.1. The van der Waals surface area contributed by atoms with Crippen LogP contribution in [0.3, 0.4) is 0 Å². The second kappa shape index (κ2) is 7.35. The lowest BCUT2D eigenvalue weighted by molar-refractivity contribution is 0.101. The van der Waals surface area contributed by atoms with Gasteiger partial charge in [-0.1, -0.05) is 64.9 Å². The number of carbonyl (C=O) groups excluding carboxylic acids is 2. The van der Waals surface area contributed by atoms with Crippen LogP contribution in [-0.4, -0.2) is 16.7 Å². The molecule has 0 saturated heterocycles. The number of nitrogens with one attached hydrogen (secondary N) is 1. The Morgan fingerprint density at radius 3 is 2.48 bits per heavy atom. The highest BCUT2D eigenvalue weighted by Gasteiger charge is 2.19. The van der Waals surface area contributed by atoms with E-state index in [4.69, 9.17) is 23.2 Å². The van der Waals surface area contributed by atoms with E-state index in [9.17, 15) is 9.59 Å². The number of carbonyl (C=O) groups is 2. The van der Waals surface area contributed by atoms with Crippen molar-refractivity contribution < 1.29 is 9.59 Å². The molecule has 0 bridgehead atoms. The van der Waals surface area contributed by atoms with E-state index in [0.717, 1.165) is 16.9 Å². The maximum Gasteiger partial charge on any atom is 0.259 e. The molecule has 0 atom stereocenters. The Bertz CT molecular complexity index is 955. The Labute approximate surface area is 158 Å². The first kappa shape index (κ1) is 17.6. The smallest absolute Gasteiger partial charge is 0.259 e. The predicted molar refractivity (Wildman–Crippen MR) is 102 cm³/mol. The van der Waals surface area contributed by atoms with E-state index in [2.05, 4.69) is 10.3 Å². The number of nitrogens with zero attached hydrogens (tertiary/aromatic N) is 1. The van der Waals surface area contributed by atoms with Crippen molar-refractivity contribution in [3.63, 3.8) is 0 Å². The van der Waals surface area contributed by atoms with Crippen LogP contribution in [0, 0.1) is 0 Å². The Kier molecular flexibility index (Phi) is 5.18. The molecule has 1 N–H and O–H groups in total. The summed E-state index contributed by atoms with van der Waals surface area (Å²) in [5.74, 6) is -0.548. The molecule has 126 valence electrons. The first-order chi connectivity index (χ1) is 12.0. The fourth-order valence-electron chi connectivity index (χ4n) is 2.24. The molecular formula is C18H12Cl2N2O2S. The lowest BCUT2D eigenvalue weighted by Crippen LogP contribution is -2.12. The summed E-state index contributed by atoms with van der Waals surface area (Å²) in [6.45, 7) is 1.47. The number of amides is 1. The zero-order chi connectivity index (χ0) is 18.0. The van der Waals surface area contributed by atoms with Gasteiger partial charge in [0.1, 0.15) is 0 Å². The number of aromatic nitrogens is 1. The Balaban J connectivity index is 1.95. The fourth-order valence-corrected chi connectivity index (χ4v) is 3.49. The van der Waals surface area contributed by atoms with E-state index in [1.165, 1.54) is 13.0 Å². The minimum atomic E-state index is -0.434. The van der Waals surface area contributed by atoms with Gasteiger partial charge in [0.2, 0.25) is 0 Å². The third-order valence-corrected chi connectivity index (χ3v) is 5.02. The van der Waals surface area contributed by atoms with Crippen LogP contribution in [0.1, 0.15) is 27.0 Å². The van der Waals surface area contributed by atoms with Crippen molar-refractivity contribution in [3.05, 3.63) is 69.0 Å². The molecule has 0 aliphatic heterocycles. The molecule has 1 amide bonds. The average molecular weight is 391 g/mol. The molecule has 0 aliphatic carbocycles. The standard InChI is InChI=1S/C18H12Cl2N2O2S/c1-10(23)16-15(11-5-3-2-4-6-11)21-18(25-16)22-17(24)13-9-12(19)7-8-14(13)20/h2-9H,1H3,(H,21,22,24). The maximum atomic E-state index is 12.4. The van der Waals surface area contributed by atoms with Crippen molar-refractivity contribution in [1.82, 2.24) is 4.98 Å². The Hall–Kier alpha value is -2.21. The van der Waals surface area contributed by atoms with Crippen LogP contribution in [0.25, 0.3) is 11.3 Å². The normalized spacial score (nSPS) is 10.5. The number of benzene rings is 2. The molecule has 0 unspecified atom stereocenters. The summed E-state index contributed by atoms with van der Waals surface area (Å²) in [7, 11) is 0. The minimum Gasteiger partial charge on any atom is -0.298 e. The molecule has 0 spiro atoms. The van der Waals surface area contributed by atoms with Crippen molar-refractivity contribution >= 4 is 51.4 Å². The van der Waals surface area contributed by atoms with E-state index < -0.39 is 5.91 Å². The van der Waals surface area contributed by atoms with E-state index in [0.29, 0.717) is 20.7 Å². The molecule has 3 rings (SSSR count). The topological polar surface area (TPSA) is 59.1 Å². The van der Waals surface area contributed by atoms with Gasteiger partial charge in [0, 0.05) is 17.5 Å². The number of thiazole rings is 1. The number of Topliss-reactive ketones (excluding diaryl/α,β-unsaturated/α-hetero) is 1. The molecule has 0 aliphatic rings. The number of hydrogen-bond acceptors (Lipinski definition) is 4. The van der Waals surface area contributed by atoms with E-state index in [1.807, 2.05) is 30.3 Å². The zero-order valence-electron chi connectivity index (χ0n) is 13.0. The van der Waals surface area contributed by atoms with Gasteiger partial charge in [-0.05, 0) is 18.2 Å². The van der Waals surface area contributed by atoms with Gasteiger partial charge >= 0.3 is 0 Å². The highest BCUT2D eigenvalue weighted by atomic mass is 35.5. The summed E-state index contributed by atoms with van der Waals surface area (Å²) in [4.78, 5) is 29.3. The van der Waals surface area contributed by atoms with Crippen molar-refractivity contribution in [3.8, 4) is 11.3 Å². The van der Waals surface area contributed by atoms with Gasteiger partial charge in [-0.3, -0.25) is 14.9 Å². The predicted octanol–water partition coefficient (Wildman–Crippen LogP) is 5.57. The van der Waals surface area contributed by atoms with Crippen LogP contribution < -0.4 is 5.32 Å². The van der Waals surface area contributed by atoms with Gasteiger partial charge in [0.25, 0.3) is 5.91 Å². The van der Waals surface area contributed by atoms with Crippen LogP contribution in [0.5, 0.6) is 0 Å². The SMILES string of the molecule is CC(=O)c1sc(NC(=O)c2cc(Cl)ccc2Cl)nc1-c1ccccc1. The molecule has 0 saturated carbocycles. The quantitative estimate of drug-likeness (QED) is 0.592. The fraction of sp³-hybridized carbons (Fsp3) is 0.0556. The van der Waals surface area contributed by atoms with Crippen LogP contribution in [-0.2, 0) is 0 Å². The van der Waals surface area contributed by atoms with E-state index >= 15 is 0 Å². The Morgan fingerprint density at radius 1 is 1.08 bits per heavy atom. The summed E-state index contributed by atoms with van der Waals surface area (Å²) < 4.78 is 0. The largest absolute Gasteiger partial charge is 0.298 e. The molecule has 7 heteroatoms. The monoisotopic (exact) mass is 390 g/mol. The summed E-state index contributed by atoms with van der Waals surface area (Å²) in [6, 6.07) is 14.0. The van der Waals surface area contributed by atoms with Gasteiger partial charge in [-0.25, -0.2) is 4.98 Å². The van der Waals surface area contributed by atoms with Gasteiger partial charge < -0.3 is 0 Å².